The van der Waals surface area contributed by atoms with Gasteiger partial charge in [0.15, 0.2) is 5.82 Å². The molecule has 2 aliphatic carbocycles. The van der Waals surface area contributed by atoms with Crippen LogP contribution in [0.1, 0.15) is 74.7 Å². The average Bonchev–Trinajstić information content (AvgIpc) is 3.33. The number of ether oxygens (including phenoxy) is 1. The van der Waals surface area contributed by atoms with Gasteiger partial charge in [-0.15, -0.1) is 0 Å². The molecule has 2 unspecified atom stereocenters. The van der Waals surface area contributed by atoms with Crippen LogP contribution < -0.4 is 5.32 Å². The Kier molecular flexibility index (Phi) is 4.86. The Morgan fingerprint density at radius 3 is 2.90 bits per heavy atom. The summed E-state index contributed by atoms with van der Waals surface area (Å²) in [5, 5.41) is 3.65. The molecule has 21 heavy (non-hydrogen) atoms. The first-order valence-corrected chi connectivity index (χ1v) is 8.45. The first-order chi connectivity index (χ1) is 10.3. The van der Waals surface area contributed by atoms with E-state index in [1.165, 1.54) is 43.4 Å². The van der Waals surface area contributed by atoms with Crippen molar-refractivity contribution in [3.05, 3.63) is 23.3 Å². The second kappa shape index (κ2) is 6.84. The van der Waals surface area contributed by atoms with Gasteiger partial charge < -0.3 is 10.1 Å². The maximum atomic E-state index is 5.63. The van der Waals surface area contributed by atoms with Crippen LogP contribution in [0.2, 0.25) is 0 Å². The fourth-order valence-corrected chi connectivity index (χ4v) is 3.30. The van der Waals surface area contributed by atoms with Crippen LogP contribution in [0.3, 0.4) is 0 Å². The first-order valence-electron chi connectivity index (χ1n) is 8.45. The summed E-state index contributed by atoms with van der Waals surface area (Å²) in [7, 11) is 1.78. The molecule has 0 spiro atoms. The minimum atomic E-state index is 0.0978. The summed E-state index contributed by atoms with van der Waals surface area (Å²) in [4.78, 5) is 9.54. The SMILES string of the molecule is CCCNC1CCCCc2nc(C(OC)C3CC3)ncc21. The Balaban J connectivity index is 1.83. The monoisotopic (exact) mass is 289 g/mol. The molecule has 0 saturated heterocycles. The van der Waals surface area contributed by atoms with E-state index in [0.717, 1.165) is 25.2 Å². The van der Waals surface area contributed by atoms with Gasteiger partial charge in [-0.1, -0.05) is 13.3 Å². The van der Waals surface area contributed by atoms with Crippen LogP contribution in [-0.2, 0) is 11.2 Å². The van der Waals surface area contributed by atoms with Gasteiger partial charge in [0.1, 0.15) is 6.10 Å². The summed E-state index contributed by atoms with van der Waals surface area (Å²) in [5.74, 6) is 1.53. The third-order valence-electron chi connectivity index (χ3n) is 4.65. The van der Waals surface area contributed by atoms with Gasteiger partial charge in [0, 0.05) is 30.6 Å². The topological polar surface area (TPSA) is 47.0 Å². The third kappa shape index (κ3) is 3.43. The van der Waals surface area contributed by atoms with Crippen molar-refractivity contribution in [3.63, 3.8) is 0 Å². The van der Waals surface area contributed by atoms with Gasteiger partial charge in [-0.3, -0.25) is 0 Å². The highest BCUT2D eigenvalue weighted by molar-refractivity contribution is 5.24. The third-order valence-corrected chi connectivity index (χ3v) is 4.65. The molecule has 116 valence electrons. The summed E-state index contributed by atoms with van der Waals surface area (Å²) in [6, 6.07) is 0.429. The number of hydrogen-bond donors (Lipinski definition) is 1. The molecule has 1 aromatic rings. The van der Waals surface area contributed by atoms with Gasteiger partial charge in [0.05, 0.1) is 0 Å². The molecule has 4 heteroatoms. The van der Waals surface area contributed by atoms with E-state index in [4.69, 9.17) is 9.72 Å². The molecule has 0 aromatic carbocycles. The van der Waals surface area contributed by atoms with E-state index in [2.05, 4.69) is 23.4 Å². The lowest BCUT2D eigenvalue weighted by atomic mass is 10.0. The van der Waals surface area contributed by atoms with Gasteiger partial charge in [-0.2, -0.15) is 0 Å². The number of nitrogens with zero attached hydrogens (tertiary/aromatic N) is 2. The van der Waals surface area contributed by atoms with Gasteiger partial charge in [-0.25, -0.2) is 9.97 Å². The number of aryl methyl sites for hydroxylation is 1. The molecule has 1 aromatic heterocycles. The minimum absolute atomic E-state index is 0.0978. The van der Waals surface area contributed by atoms with E-state index in [1.807, 2.05) is 0 Å². The average molecular weight is 289 g/mol. The summed E-state index contributed by atoms with van der Waals surface area (Å²) in [6.45, 7) is 3.28. The lowest BCUT2D eigenvalue weighted by Gasteiger charge is -2.20. The lowest BCUT2D eigenvalue weighted by molar-refractivity contribution is 0.0769. The molecule has 1 N–H and O–H groups in total. The number of methoxy groups -OCH3 is 1. The molecule has 0 bridgehead atoms. The van der Waals surface area contributed by atoms with Crippen LogP contribution in [0.15, 0.2) is 6.20 Å². The standard InChI is InChI=1S/C17H27N3O/c1-3-10-18-14-6-4-5-7-15-13(14)11-19-17(20-15)16(21-2)12-8-9-12/h11-12,14,16,18H,3-10H2,1-2H3. The Morgan fingerprint density at radius 1 is 1.33 bits per heavy atom. The molecule has 1 saturated carbocycles. The molecule has 1 heterocycles. The van der Waals surface area contributed by atoms with Gasteiger partial charge in [-0.05, 0) is 51.0 Å². The number of nitrogens with one attached hydrogen (secondary N) is 1. The second-order valence-electron chi connectivity index (χ2n) is 6.38. The molecule has 3 rings (SSSR count). The maximum absolute atomic E-state index is 5.63. The molecular weight excluding hydrogens is 262 g/mol. The Morgan fingerprint density at radius 2 is 2.19 bits per heavy atom. The Hall–Kier alpha value is -1.00. The van der Waals surface area contributed by atoms with Gasteiger partial charge >= 0.3 is 0 Å². The van der Waals surface area contributed by atoms with Crippen LogP contribution in [0, 0.1) is 5.92 Å². The highest BCUT2D eigenvalue weighted by atomic mass is 16.5. The highest BCUT2D eigenvalue weighted by Crippen LogP contribution is 2.42. The van der Waals surface area contributed by atoms with Crippen molar-refractivity contribution in [1.82, 2.24) is 15.3 Å². The molecule has 2 atom stereocenters. The van der Waals surface area contributed by atoms with Crippen molar-refractivity contribution >= 4 is 0 Å². The van der Waals surface area contributed by atoms with Crippen LogP contribution in [0.5, 0.6) is 0 Å². The molecule has 4 nitrogen and oxygen atoms in total. The molecular formula is C17H27N3O. The number of rotatable bonds is 6. The zero-order valence-corrected chi connectivity index (χ0v) is 13.3. The Bertz CT molecular complexity index is 473. The second-order valence-corrected chi connectivity index (χ2v) is 6.38. The van der Waals surface area contributed by atoms with E-state index in [9.17, 15) is 0 Å². The number of hydrogen-bond acceptors (Lipinski definition) is 4. The zero-order chi connectivity index (χ0) is 14.7. The maximum Gasteiger partial charge on any atom is 0.157 e. The summed E-state index contributed by atoms with van der Waals surface area (Å²) < 4.78 is 5.63. The van der Waals surface area contributed by atoms with E-state index >= 15 is 0 Å². The van der Waals surface area contributed by atoms with Crippen molar-refractivity contribution in [2.45, 2.75) is 64.0 Å². The smallest absolute Gasteiger partial charge is 0.157 e. The first kappa shape index (κ1) is 14.9. The highest BCUT2D eigenvalue weighted by Gasteiger charge is 2.35. The van der Waals surface area contributed by atoms with Crippen LogP contribution >= 0.6 is 0 Å². The van der Waals surface area contributed by atoms with Crippen LogP contribution in [-0.4, -0.2) is 23.6 Å². The quantitative estimate of drug-likeness (QED) is 0.816. The predicted molar refractivity (Wildman–Crippen MR) is 83.1 cm³/mol. The van der Waals surface area contributed by atoms with Crippen molar-refractivity contribution in [2.75, 3.05) is 13.7 Å². The Labute approximate surface area is 127 Å². The van der Waals surface area contributed by atoms with Crippen molar-refractivity contribution in [3.8, 4) is 0 Å². The summed E-state index contributed by atoms with van der Waals surface area (Å²) >= 11 is 0. The van der Waals surface area contributed by atoms with Gasteiger partial charge in [0.2, 0.25) is 0 Å². The molecule has 0 radical (unpaired) electrons. The zero-order valence-electron chi connectivity index (χ0n) is 13.3. The van der Waals surface area contributed by atoms with E-state index in [1.54, 1.807) is 7.11 Å². The molecule has 1 fully saturated rings. The molecule has 0 aliphatic heterocycles. The van der Waals surface area contributed by atoms with Crippen molar-refractivity contribution < 1.29 is 4.74 Å². The van der Waals surface area contributed by atoms with E-state index in [0.29, 0.717) is 12.0 Å². The summed E-state index contributed by atoms with van der Waals surface area (Å²) in [6.07, 6.45) is 10.6. The van der Waals surface area contributed by atoms with Gasteiger partial charge in [0.25, 0.3) is 0 Å². The largest absolute Gasteiger partial charge is 0.373 e. The number of fused-ring (bicyclic) bond motifs is 1. The fourth-order valence-electron chi connectivity index (χ4n) is 3.30. The normalized spacial score (nSPS) is 23.4. The van der Waals surface area contributed by atoms with Crippen molar-refractivity contribution in [2.24, 2.45) is 5.92 Å². The predicted octanol–water partition coefficient (Wildman–Crippen LogP) is 3.34. The van der Waals surface area contributed by atoms with Crippen LogP contribution in [0.25, 0.3) is 0 Å². The van der Waals surface area contributed by atoms with Crippen molar-refractivity contribution in [1.29, 1.82) is 0 Å². The van der Waals surface area contributed by atoms with Crippen LogP contribution in [0.4, 0.5) is 0 Å². The fraction of sp³-hybridized carbons (Fsp3) is 0.765. The molecule has 0 amide bonds. The van der Waals surface area contributed by atoms with E-state index < -0.39 is 0 Å². The molecule has 2 aliphatic rings. The minimum Gasteiger partial charge on any atom is -0.373 e. The lowest BCUT2D eigenvalue weighted by Crippen LogP contribution is -2.23. The van der Waals surface area contributed by atoms with E-state index in [-0.39, 0.29) is 6.10 Å². The number of aromatic nitrogens is 2. The summed E-state index contributed by atoms with van der Waals surface area (Å²) in [5.41, 5.74) is 2.56.